The van der Waals surface area contributed by atoms with E-state index >= 15 is 0 Å². The van der Waals surface area contributed by atoms with E-state index in [1.165, 1.54) is 19.3 Å². The summed E-state index contributed by atoms with van der Waals surface area (Å²) in [5.41, 5.74) is 1.14. The number of carbonyl (C=O) groups excluding carboxylic acids is 2. The second-order valence-electron chi connectivity index (χ2n) is 7.38. The molecule has 1 aliphatic heterocycles. The molecule has 2 bridgehead atoms. The molecule has 1 saturated heterocycles. The number of hydrogen-bond acceptors (Lipinski definition) is 2. The first kappa shape index (κ1) is 14.7. The number of nitrogens with one attached hydrogen (secondary N) is 1. The second-order valence-corrected chi connectivity index (χ2v) is 7.38. The third kappa shape index (κ3) is 2.87. The molecule has 3 fully saturated rings. The van der Waals surface area contributed by atoms with Crippen LogP contribution in [0.15, 0.2) is 30.3 Å². The molecule has 2 saturated carbocycles. The van der Waals surface area contributed by atoms with E-state index in [0.29, 0.717) is 12.5 Å². The summed E-state index contributed by atoms with van der Waals surface area (Å²) in [6.45, 7) is 1.37. The summed E-state index contributed by atoms with van der Waals surface area (Å²) in [4.78, 5) is 26.9. The molecule has 2 amide bonds. The van der Waals surface area contributed by atoms with Crippen molar-refractivity contribution in [3.8, 4) is 0 Å². The van der Waals surface area contributed by atoms with Gasteiger partial charge in [-0.1, -0.05) is 36.8 Å². The zero-order valence-electron chi connectivity index (χ0n) is 13.4. The van der Waals surface area contributed by atoms with Gasteiger partial charge in [0.05, 0.1) is 0 Å². The summed E-state index contributed by atoms with van der Waals surface area (Å²) in [7, 11) is 0. The van der Waals surface area contributed by atoms with Gasteiger partial charge in [0, 0.05) is 19.0 Å². The zero-order chi connectivity index (χ0) is 15.8. The Morgan fingerprint density at radius 2 is 1.96 bits per heavy atom. The predicted octanol–water partition coefficient (Wildman–Crippen LogP) is 2.34. The van der Waals surface area contributed by atoms with E-state index in [1.54, 1.807) is 0 Å². The van der Waals surface area contributed by atoms with Crippen molar-refractivity contribution in [1.82, 2.24) is 10.2 Å². The van der Waals surface area contributed by atoms with Crippen LogP contribution < -0.4 is 5.32 Å². The summed E-state index contributed by atoms with van der Waals surface area (Å²) in [5, 5.41) is 3.04. The Hall–Kier alpha value is -1.84. The highest BCUT2D eigenvalue weighted by atomic mass is 16.2. The number of likely N-dealkylation sites (tertiary alicyclic amines) is 1. The van der Waals surface area contributed by atoms with Crippen molar-refractivity contribution >= 4 is 11.8 Å². The number of carbonyl (C=O) groups is 2. The highest BCUT2D eigenvalue weighted by molar-refractivity contribution is 5.90. The second kappa shape index (κ2) is 5.99. The smallest absolute Gasteiger partial charge is 0.245 e. The number of hydrogen-bond donors (Lipinski definition) is 1. The van der Waals surface area contributed by atoms with E-state index < -0.39 is 0 Å². The summed E-state index contributed by atoms with van der Waals surface area (Å²) < 4.78 is 0. The first-order chi connectivity index (χ1) is 11.2. The van der Waals surface area contributed by atoms with Gasteiger partial charge < -0.3 is 10.2 Å². The van der Waals surface area contributed by atoms with Crippen molar-refractivity contribution in [3.05, 3.63) is 35.9 Å². The molecule has 4 rings (SSSR count). The number of fused-ring (bicyclic) bond motifs is 2. The van der Waals surface area contributed by atoms with Crippen molar-refractivity contribution < 1.29 is 9.59 Å². The van der Waals surface area contributed by atoms with E-state index in [1.807, 2.05) is 35.2 Å². The average molecular weight is 312 g/mol. The molecule has 1 aromatic rings. The van der Waals surface area contributed by atoms with Crippen LogP contribution in [0.4, 0.5) is 0 Å². The van der Waals surface area contributed by atoms with Gasteiger partial charge in [-0.05, 0) is 43.1 Å². The average Bonchev–Trinajstić information content (AvgIpc) is 3.27. The molecule has 1 aromatic carbocycles. The van der Waals surface area contributed by atoms with Crippen LogP contribution in [0, 0.1) is 17.8 Å². The highest BCUT2D eigenvalue weighted by Crippen LogP contribution is 2.48. The molecule has 1 heterocycles. The molecule has 2 aliphatic carbocycles. The molecule has 122 valence electrons. The van der Waals surface area contributed by atoms with Gasteiger partial charge in [0.1, 0.15) is 6.04 Å². The molecular formula is C19H24N2O2. The lowest BCUT2D eigenvalue weighted by molar-refractivity contribution is -0.134. The van der Waals surface area contributed by atoms with Crippen molar-refractivity contribution in [1.29, 1.82) is 0 Å². The Balaban J connectivity index is 1.34. The molecule has 4 nitrogen and oxygen atoms in total. The highest BCUT2D eigenvalue weighted by Gasteiger charge is 2.44. The van der Waals surface area contributed by atoms with Gasteiger partial charge >= 0.3 is 0 Å². The summed E-state index contributed by atoms with van der Waals surface area (Å²) >= 11 is 0. The van der Waals surface area contributed by atoms with Gasteiger partial charge in [-0.25, -0.2) is 0 Å². The van der Waals surface area contributed by atoms with E-state index in [0.717, 1.165) is 30.9 Å². The van der Waals surface area contributed by atoms with E-state index in [2.05, 4.69) is 5.32 Å². The lowest BCUT2D eigenvalue weighted by Crippen LogP contribution is -2.44. The third-order valence-corrected chi connectivity index (χ3v) is 5.91. The Morgan fingerprint density at radius 3 is 2.65 bits per heavy atom. The van der Waals surface area contributed by atoms with Crippen LogP contribution in [0.5, 0.6) is 0 Å². The van der Waals surface area contributed by atoms with Gasteiger partial charge in [-0.3, -0.25) is 9.59 Å². The van der Waals surface area contributed by atoms with Crippen molar-refractivity contribution in [2.75, 3.05) is 6.54 Å². The van der Waals surface area contributed by atoms with Crippen LogP contribution in [0.25, 0.3) is 0 Å². The molecule has 0 radical (unpaired) electrons. The van der Waals surface area contributed by atoms with Gasteiger partial charge in [-0.2, -0.15) is 0 Å². The molecule has 0 aromatic heterocycles. The van der Waals surface area contributed by atoms with E-state index in [-0.39, 0.29) is 23.8 Å². The number of benzene rings is 1. The van der Waals surface area contributed by atoms with Crippen LogP contribution in [-0.4, -0.2) is 29.3 Å². The Kier molecular flexibility index (Phi) is 3.83. The van der Waals surface area contributed by atoms with E-state index in [9.17, 15) is 9.59 Å². The van der Waals surface area contributed by atoms with Crippen molar-refractivity contribution in [3.63, 3.8) is 0 Å². The van der Waals surface area contributed by atoms with Crippen LogP contribution in [-0.2, 0) is 16.1 Å². The number of rotatable bonds is 4. The molecule has 3 aliphatic rings. The topological polar surface area (TPSA) is 49.4 Å². The molecule has 4 atom stereocenters. The molecule has 23 heavy (non-hydrogen) atoms. The van der Waals surface area contributed by atoms with Crippen LogP contribution in [0.1, 0.15) is 37.7 Å². The molecule has 0 spiro atoms. The van der Waals surface area contributed by atoms with Gasteiger partial charge in [0.15, 0.2) is 0 Å². The van der Waals surface area contributed by atoms with Crippen molar-refractivity contribution in [2.45, 2.75) is 44.7 Å². The Labute approximate surface area is 137 Å². The minimum atomic E-state index is -0.315. The fourth-order valence-corrected chi connectivity index (χ4v) is 4.68. The standard InChI is InChI=1S/C19H24N2O2/c22-18(16-11-14-6-7-15(16)10-14)20-17-8-9-21(19(17)23)12-13-4-2-1-3-5-13/h1-5,14-17H,6-12H2,(H,20,22)/t14-,15-,16+,17+/m0/s1. The zero-order valence-corrected chi connectivity index (χ0v) is 13.4. The summed E-state index contributed by atoms with van der Waals surface area (Å²) in [6, 6.07) is 9.72. The quantitative estimate of drug-likeness (QED) is 0.928. The SMILES string of the molecule is O=C(N[C@@H]1CCN(Cc2ccccc2)C1=O)[C@@H]1C[C@H]2CC[C@H]1C2. The van der Waals surface area contributed by atoms with E-state index in [4.69, 9.17) is 0 Å². The minimum absolute atomic E-state index is 0.0744. The fourth-order valence-electron chi connectivity index (χ4n) is 4.68. The lowest BCUT2D eigenvalue weighted by atomic mass is 9.88. The normalized spacial score (nSPS) is 32.5. The fraction of sp³-hybridized carbons (Fsp3) is 0.579. The van der Waals surface area contributed by atoms with Crippen LogP contribution in [0.2, 0.25) is 0 Å². The maximum atomic E-state index is 12.5. The van der Waals surface area contributed by atoms with Crippen LogP contribution in [0.3, 0.4) is 0 Å². The maximum Gasteiger partial charge on any atom is 0.245 e. The Morgan fingerprint density at radius 1 is 1.13 bits per heavy atom. The molecule has 0 unspecified atom stereocenters. The summed E-state index contributed by atoms with van der Waals surface area (Å²) in [5.74, 6) is 1.67. The first-order valence-electron chi connectivity index (χ1n) is 8.84. The first-order valence-corrected chi connectivity index (χ1v) is 8.84. The molecule has 1 N–H and O–H groups in total. The van der Waals surface area contributed by atoms with Gasteiger partial charge in [-0.15, -0.1) is 0 Å². The predicted molar refractivity (Wildman–Crippen MR) is 87.3 cm³/mol. The molecule has 4 heteroatoms. The van der Waals surface area contributed by atoms with Crippen LogP contribution >= 0.6 is 0 Å². The van der Waals surface area contributed by atoms with Gasteiger partial charge in [0.25, 0.3) is 0 Å². The maximum absolute atomic E-state index is 12.5. The van der Waals surface area contributed by atoms with Crippen molar-refractivity contribution in [2.24, 2.45) is 17.8 Å². The number of nitrogens with zero attached hydrogens (tertiary/aromatic N) is 1. The lowest BCUT2D eigenvalue weighted by Gasteiger charge is -2.23. The summed E-state index contributed by atoms with van der Waals surface area (Å²) in [6.07, 6.45) is 5.48. The number of amides is 2. The van der Waals surface area contributed by atoms with Gasteiger partial charge in [0.2, 0.25) is 11.8 Å². The monoisotopic (exact) mass is 312 g/mol. The largest absolute Gasteiger partial charge is 0.344 e. The third-order valence-electron chi connectivity index (χ3n) is 5.91. The minimum Gasteiger partial charge on any atom is -0.344 e. The Bertz CT molecular complexity index is 601. The molecular weight excluding hydrogens is 288 g/mol.